The maximum Gasteiger partial charge on any atom is 0.347 e. The predicted molar refractivity (Wildman–Crippen MR) is 165 cm³/mol. The van der Waals surface area contributed by atoms with Gasteiger partial charge in [0.25, 0.3) is 5.91 Å². The smallest absolute Gasteiger partial charge is 0.306 e. The first-order valence-corrected chi connectivity index (χ1v) is 14.0. The van der Waals surface area contributed by atoms with Gasteiger partial charge < -0.3 is 10.2 Å². The van der Waals surface area contributed by atoms with E-state index in [-0.39, 0.29) is 0 Å². The zero-order valence-electron chi connectivity index (χ0n) is 22.6. The Morgan fingerprint density at radius 1 is 0.952 bits per heavy atom. The van der Waals surface area contributed by atoms with E-state index < -0.39 is 36.2 Å². The normalized spacial score (nSPS) is 16.4. The summed E-state index contributed by atoms with van der Waals surface area (Å²) >= 11 is 24.0. The van der Waals surface area contributed by atoms with E-state index in [1.807, 2.05) is 0 Å². The molecule has 4 rings (SSSR count). The number of anilines is 2. The molecule has 3 aromatic carbocycles. The molecule has 1 aliphatic heterocycles. The first kappa shape index (κ1) is 31.4. The number of amides is 5. The summed E-state index contributed by atoms with van der Waals surface area (Å²) in [4.78, 5) is 42.4. The molecule has 5 amide bonds. The number of benzene rings is 3. The number of rotatable bonds is 7. The molecular formula is C28H26Cl4N6O4. The van der Waals surface area contributed by atoms with E-state index in [9.17, 15) is 19.6 Å². The molecule has 1 heterocycles. The highest BCUT2D eigenvalue weighted by molar-refractivity contribution is 6.42. The lowest BCUT2D eigenvalue weighted by Gasteiger charge is -2.38. The second-order valence-corrected chi connectivity index (χ2v) is 11.6. The minimum Gasteiger partial charge on any atom is -0.306 e. The van der Waals surface area contributed by atoms with Gasteiger partial charge in [-0.1, -0.05) is 52.5 Å². The lowest BCUT2D eigenvalue weighted by Crippen LogP contribution is -2.58. The summed E-state index contributed by atoms with van der Waals surface area (Å²) in [5.74, 6) is -0.609. The van der Waals surface area contributed by atoms with Gasteiger partial charge in [-0.05, 0) is 87.0 Å². The van der Waals surface area contributed by atoms with Crippen molar-refractivity contribution in [3.63, 3.8) is 0 Å². The quantitative estimate of drug-likeness (QED) is 0.143. The van der Waals surface area contributed by atoms with Crippen LogP contribution >= 0.6 is 46.4 Å². The molecule has 1 saturated heterocycles. The number of urea groups is 2. The highest BCUT2D eigenvalue weighted by atomic mass is 35.5. The molecule has 0 radical (unpaired) electrons. The maximum atomic E-state index is 13.8. The SMILES string of the molecule is C/C(=N\NC(=O)CN1C(=O)N(c2ccc(Cl)cc2)[C@H](N(O)C(=O)Nc2ccc(Cl)cc2)C1(C)C)c1ccc(Cl)c(Cl)c1. The second-order valence-electron chi connectivity index (χ2n) is 9.89. The monoisotopic (exact) mass is 650 g/mol. The fourth-order valence-electron chi connectivity index (χ4n) is 4.41. The Bertz CT molecular complexity index is 1530. The second kappa shape index (κ2) is 12.8. The largest absolute Gasteiger partial charge is 0.347 e. The summed E-state index contributed by atoms with van der Waals surface area (Å²) in [7, 11) is 0. The fourth-order valence-corrected chi connectivity index (χ4v) is 4.96. The predicted octanol–water partition coefficient (Wildman–Crippen LogP) is 7.11. The molecule has 0 aromatic heterocycles. The van der Waals surface area contributed by atoms with Crippen molar-refractivity contribution in [2.45, 2.75) is 32.5 Å². The molecule has 0 spiro atoms. The van der Waals surface area contributed by atoms with Crippen LogP contribution in [0.4, 0.5) is 21.0 Å². The number of hydrazone groups is 1. The van der Waals surface area contributed by atoms with Crippen molar-refractivity contribution in [3.05, 3.63) is 92.4 Å². The van der Waals surface area contributed by atoms with Gasteiger partial charge in [0.15, 0.2) is 6.17 Å². The standard InChI is InChI=1S/C28H26Cl4N6O4/c1-16(17-4-13-22(31)23(32)14-17)34-35-24(39)15-36-27(41)37(21-11-7-19(30)8-12-21)25(28(36,2)3)38(42)26(40)33-20-9-5-18(29)6-10-20/h4-14,25,42H,15H2,1-3H3,(H,33,40)(H,35,39)/b34-16+/t25-/m1/s1. The van der Waals surface area contributed by atoms with E-state index in [1.54, 1.807) is 87.5 Å². The number of carbonyl (C=O) groups is 3. The van der Waals surface area contributed by atoms with Gasteiger partial charge >= 0.3 is 12.1 Å². The van der Waals surface area contributed by atoms with E-state index >= 15 is 0 Å². The summed E-state index contributed by atoms with van der Waals surface area (Å²) in [5.41, 5.74) is 2.97. The van der Waals surface area contributed by atoms with Crippen LogP contribution in [0.3, 0.4) is 0 Å². The van der Waals surface area contributed by atoms with Crippen LogP contribution < -0.4 is 15.6 Å². The Balaban J connectivity index is 1.59. The summed E-state index contributed by atoms with van der Waals surface area (Å²) in [5, 5.41) is 19.9. The van der Waals surface area contributed by atoms with Crippen molar-refractivity contribution in [3.8, 4) is 0 Å². The third-order valence-corrected chi connectivity index (χ3v) is 7.88. The lowest BCUT2D eigenvalue weighted by molar-refractivity contribution is -0.124. The van der Waals surface area contributed by atoms with Crippen LogP contribution in [-0.2, 0) is 4.79 Å². The zero-order chi connectivity index (χ0) is 30.8. The zero-order valence-corrected chi connectivity index (χ0v) is 25.6. The minimum absolute atomic E-state index is 0.335. The molecule has 220 valence electrons. The maximum absolute atomic E-state index is 13.8. The molecule has 0 saturated carbocycles. The van der Waals surface area contributed by atoms with Crippen LogP contribution in [0.15, 0.2) is 71.8 Å². The van der Waals surface area contributed by atoms with Gasteiger partial charge in [0.05, 0.1) is 21.3 Å². The Morgan fingerprint density at radius 3 is 2.14 bits per heavy atom. The van der Waals surface area contributed by atoms with Gasteiger partial charge in [-0.25, -0.2) is 15.0 Å². The number of hydroxylamine groups is 2. The molecule has 3 aromatic rings. The van der Waals surface area contributed by atoms with Crippen molar-refractivity contribution in [1.29, 1.82) is 0 Å². The molecule has 10 nitrogen and oxygen atoms in total. The molecule has 0 bridgehead atoms. The average molecular weight is 652 g/mol. The van der Waals surface area contributed by atoms with E-state index in [2.05, 4.69) is 15.8 Å². The van der Waals surface area contributed by atoms with E-state index in [0.717, 1.165) is 0 Å². The number of hydrogen-bond donors (Lipinski definition) is 3. The molecule has 1 fully saturated rings. The number of hydrogen-bond acceptors (Lipinski definition) is 5. The van der Waals surface area contributed by atoms with Gasteiger partial charge in [0.2, 0.25) is 0 Å². The van der Waals surface area contributed by atoms with Crippen molar-refractivity contribution in [2.75, 3.05) is 16.8 Å². The highest BCUT2D eigenvalue weighted by Gasteiger charge is 2.56. The van der Waals surface area contributed by atoms with Crippen LogP contribution in [0.2, 0.25) is 20.1 Å². The summed E-state index contributed by atoms with van der Waals surface area (Å²) in [6.07, 6.45) is -1.26. The molecule has 3 N–H and O–H groups in total. The Hall–Kier alpha value is -3.54. The Morgan fingerprint density at radius 2 is 1.55 bits per heavy atom. The fraction of sp³-hybridized carbons (Fsp3) is 0.214. The lowest BCUT2D eigenvalue weighted by atomic mass is 9.99. The molecular weight excluding hydrogens is 626 g/mol. The number of halogens is 4. The van der Waals surface area contributed by atoms with Crippen LogP contribution in [0.5, 0.6) is 0 Å². The minimum atomic E-state index is -1.28. The highest BCUT2D eigenvalue weighted by Crippen LogP contribution is 2.38. The summed E-state index contributed by atoms with van der Waals surface area (Å²) in [6, 6.07) is 15.9. The molecule has 1 aliphatic rings. The van der Waals surface area contributed by atoms with Crippen molar-refractivity contribution >= 4 is 81.5 Å². The van der Waals surface area contributed by atoms with E-state index in [0.29, 0.717) is 47.8 Å². The van der Waals surface area contributed by atoms with E-state index in [1.165, 1.54) is 9.80 Å². The van der Waals surface area contributed by atoms with Crippen LogP contribution in [0.1, 0.15) is 26.3 Å². The van der Waals surface area contributed by atoms with Gasteiger partial charge in [0.1, 0.15) is 6.54 Å². The first-order valence-electron chi connectivity index (χ1n) is 12.5. The summed E-state index contributed by atoms with van der Waals surface area (Å²) < 4.78 is 0. The molecule has 42 heavy (non-hydrogen) atoms. The van der Waals surface area contributed by atoms with Gasteiger partial charge in [-0.3, -0.25) is 14.9 Å². The first-order chi connectivity index (χ1) is 19.8. The topological polar surface area (TPSA) is 118 Å². The number of nitrogens with zero attached hydrogens (tertiary/aromatic N) is 4. The molecule has 1 atom stereocenters. The van der Waals surface area contributed by atoms with Gasteiger partial charge in [-0.2, -0.15) is 10.2 Å². The molecule has 0 aliphatic carbocycles. The van der Waals surface area contributed by atoms with Gasteiger partial charge in [0, 0.05) is 21.4 Å². The Kier molecular flexibility index (Phi) is 9.54. The van der Waals surface area contributed by atoms with E-state index in [4.69, 9.17) is 46.4 Å². The van der Waals surface area contributed by atoms with Crippen LogP contribution in [-0.4, -0.2) is 57.1 Å². The third-order valence-electron chi connectivity index (χ3n) is 6.64. The van der Waals surface area contributed by atoms with Crippen LogP contribution in [0, 0.1) is 0 Å². The average Bonchev–Trinajstić information content (AvgIpc) is 3.14. The van der Waals surface area contributed by atoms with Crippen LogP contribution in [0.25, 0.3) is 0 Å². The van der Waals surface area contributed by atoms with Crippen molar-refractivity contribution < 1.29 is 19.6 Å². The molecule has 14 heteroatoms. The van der Waals surface area contributed by atoms with Crippen molar-refractivity contribution in [2.24, 2.45) is 5.10 Å². The summed E-state index contributed by atoms with van der Waals surface area (Å²) in [6.45, 7) is 4.49. The molecule has 0 unspecified atom stereocenters. The van der Waals surface area contributed by atoms with Gasteiger partial charge in [-0.15, -0.1) is 0 Å². The van der Waals surface area contributed by atoms with Crippen molar-refractivity contribution in [1.82, 2.24) is 15.4 Å². The Labute approximate surface area is 262 Å². The number of nitrogens with one attached hydrogen (secondary N) is 2. The third kappa shape index (κ3) is 6.74. The number of carbonyl (C=O) groups excluding carboxylic acids is 3.